The van der Waals surface area contributed by atoms with Crippen molar-refractivity contribution in [2.24, 2.45) is 22.1 Å². The zero-order valence-electron chi connectivity index (χ0n) is 10.0. The maximum Gasteiger partial charge on any atom is 0.151 e. The van der Waals surface area contributed by atoms with E-state index < -0.39 is 5.60 Å². The molecule has 0 saturated heterocycles. The molecule has 0 radical (unpaired) electrons. The number of hydrazone groups is 1. The lowest BCUT2D eigenvalue weighted by atomic mass is 9.70. The van der Waals surface area contributed by atoms with Crippen molar-refractivity contribution < 1.29 is 4.74 Å². The van der Waals surface area contributed by atoms with Crippen molar-refractivity contribution in [2.75, 3.05) is 6.61 Å². The molecule has 0 aliphatic heterocycles. The lowest BCUT2D eigenvalue weighted by Gasteiger charge is -2.42. The van der Waals surface area contributed by atoms with Crippen LogP contribution >= 0.6 is 0 Å². The molecule has 1 saturated carbocycles. The van der Waals surface area contributed by atoms with E-state index in [-0.39, 0.29) is 0 Å². The number of hydrogen-bond donors (Lipinski definition) is 2. The Kier molecular flexibility index (Phi) is 3.60. The van der Waals surface area contributed by atoms with Gasteiger partial charge < -0.3 is 16.3 Å². The van der Waals surface area contributed by atoms with Crippen LogP contribution in [0.1, 0.15) is 46.5 Å². The molecule has 0 spiro atoms. The third-order valence-electron chi connectivity index (χ3n) is 3.44. The molecule has 0 atom stereocenters. The van der Waals surface area contributed by atoms with Gasteiger partial charge in [0.1, 0.15) is 5.60 Å². The van der Waals surface area contributed by atoms with Crippen molar-refractivity contribution in [1.82, 2.24) is 0 Å². The maximum atomic E-state index is 5.86. The van der Waals surface area contributed by atoms with Crippen LogP contribution in [0, 0.1) is 5.41 Å². The summed E-state index contributed by atoms with van der Waals surface area (Å²) in [4.78, 5) is 0. The fraction of sp³-hybridized carbons (Fsp3) is 0.909. The first kappa shape index (κ1) is 12.3. The van der Waals surface area contributed by atoms with E-state index in [1.807, 2.05) is 6.92 Å². The van der Waals surface area contributed by atoms with Crippen LogP contribution in [0.25, 0.3) is 0 Å². The van der Waals surface area contributed by atoms with E-state index in [0.717, 1.165) is 25.7 Å². The molecule has 4 N–H and O–H groups in total. The molecule has 0 aromatic carbocycles. The monoisotopic (exact) mass is 213 g/mol. The van der Waals surface area contributed by atoms with Crippen LogP contribution in [-0.4, -0.2) is 18.0 Å². The summed E-state index contributed by atoms with van der Waals surface area (Å²) in [5.74, 6) is 5.71. The maximum absolute atomic E-state index is 5.86. The van der Waals surface area contributed by atoms with Crippen LogP contribution in [-0.2, 0) is 4.74 Å². The molecular formula is C11H23N3O. The van der Waals surface area contributed by atoms with Gasteiger partial charge >= 0.3 is 0 Å². The van der Waals surface area contributed by atoms with Gasteiger partial charge in [0.25, 0.3) is 0 Å². The van der Waals surface area contributed by atoms with E-state index in [9.17, 15) is 0 Å². The van der Waals surface area contributed by atoms with E-state index in [1.165, 1.54) is 0 Å². The minimum Gasteiger partial charge on any atom is -0.383 e. The van der Waals surface area contributed by atoms with Gasteiger partial charge in [-0.1, -0.05) is 13.8 Å². The van der Waals surface area contributed by atoms with Crippen molar-refractivity contribution in [3.63, 3.8) is 0 Å². The SMILES string of the molecule is CCOC1(C(N)=NN)CCC(C)(C)CC1. The molecule has 4 nitrogen and oxygen atoms in total. The van der Waals surface area contributed by atoms with Gasteiger partial charge in [-0.25, -0.2) is 0 Å². The zero-order valence-corrected chi connectivity index (χ0v) is 10.0. The molecule has 0 bridgehead atoms. The molecule has 15 heavy (non-hydrogen) atoms. The largest absolute Gasteiger partial charge is 0.383 e. The van der Waals surface area contributed by atoms with Crippen LogP contribution < -0.4 is 11.6 Å². The standard InChI is InChI=1S/C11H23N3O/c1-4-15-11(9(12)14-13)7-5-10(2,3)6-8-11/h4-8,13H2,1-3H3,(H2,12,14). The summed E-state index contributed by atoms with van der Waals surface area (Å²) in [5, 5.41) is 3.62. The summed E-state index contributed by atoms with van der Waals surface area (Å²) in [6.45, 7) is 7.18. The predicted octanol–water partition coefficient (Wildman–Crippen LogP) is 1.59. The van der Waals surface area contributed by atoms with E-state index in [4.69, 9.17) is 16.3 Å². The van der Waals surface area contributed by atoms with Crippen LogP contribution in [0.4, 0.5) is 0 Å². The lowest BCUT2D eigenvalue weighted by Crippen LogP contribution is -2.50. The summed E-state index contributed by atoms with van der Waals surface area (Å²) >= 11 is 0. The van der Waals surface area contributed by atoms with Gasteiger partial charge in [-0.2, -0.15) is 5.10 Å². The average Bonchev–Trinajstić information content (AvgIpc) is 2.21. The highest BCUT2D eigenvalue weighted by Crippen LogP contribution is 2.42. The fourth-order valence-electron chi connectivity index (χ4n) is 2.20. The molecular weight excluding hydrogens is 190 g/mol. The Bertz CT molecular complexity index is 238. The summed E-state index contributed by atoms with van der Waals surface area (Å²) in [5.41, 5.74) is 5.84. The highest BCUT2D eigenvalue weighted by atomic mass is 16.5. The van der Waals surface area contributed by atoms with E-state index in [0.29, 0.717) is 17.9 Å². The van der Waals surface area contributed by atoms with Gasteiger partial charge in [-0.3, -0.25) is 0 Å². The first-order valence-corrected chi connectivity index (χ1v) is 5.63. The Balaban J connectivity index is 2.78. The number of hydrogen-bond acceptors (Lipinski definition) is 3. The minimum atomic E-state index is -0.404. The van der Waals surface area contributed by atoms with Crippen molar-refractivity contribution in [1.29, 1.82) is 0 Å². The van der Waals surface area contributed by atoms with E-state index in [2.05, 4.69) is 18.9 Å². The Labute approximate surface area is 92.0 Å². The first-order chi connectivity index (χ1) is 6.96. The Morgan fingerprint density at radius 2 is 1.80 bits per heavy atom. The van der Waals surface area contributed by atoms with E-state index >= 15 is 0 Å². The minimum absolute atomic E-state index is 0.384. The molecule has 4 heteroatoms. The van der Waals surface area contributed by atoms with Gasteiger partial charge in [0.05, 0.1) is 0 Å². The molecule has 1 aliphatic carbocycles. The highest BCUT2D eigenvalue weighted by molar-refractivity contribution is 5.88. The summed E-state index contributed by atoms with van der Waals surface area (Å²) < 4.78 is 5.78. The predicted molar refractivity (Wildman–Crippen MR) is 62.4 cm³/mol. The number of nitrogens with zero attached hydrogens (tertiary/aromatic N) is 1. The molecule has 0 unspecified atom stereocenters. The zero-order chi connectivity index (χ0) is 11.5. The average molecular weight is 213 g/mol. The second-order valence-electron chi connectivity index (χ2n) is 5.11. The summed E-state index contributed by atoms with van der Waals surface area (Å²) in [6.07, 6.45) is 4.03. The van der Waals surface area contributed by atoms with Crippen LogP contribution in [0.15, 0.2) is 5.10 Å². The Morgan fingerprint density at radius 3 is 2.20 bits per heavy atom. The Morgan fingerprint density at radius 1 is 1.27 bits per heavy atom. The second kappa shape index (κ2) is 4.39. The third-order valence-corrected chi connectivity index (χ3v) is 3.44. The number of nitrogens with two attached hydrogens (primary N) is 2. The van der Waals surface area contributed by atoms with E-state index in [1.54, 1.807) is 0 Å². The van der Waals surface area contributed by atoms with Gasteiger partial charge in [0, 0.05) is 6.61 Å². The van der Waals surface area contributed by atoms with Crippen molar-refractivity contribution in [2.45, 2.75) is 52.1 Å². The molecule has 0 aromatic heterocycles. The molecule has 1 aliphatic rings. The number of rotatable bonds is 3. The highest BCUT2D eigenvalue weighted by Gasteiger charge is 2.42. The smallest absolute Gasteiger partial charge is 0.151 e. The second-order valence-corrected chi connectivity index (χ2v) is 5.11. The topological polar surface area (TPSA) is 73.6 Å². The molecule has 0 heterocycles. The summed E-state index contributed by atoms with van der Waals surface area (Å²) in [7, 11) is 0. The van der Waals surface area contributed by atoms with Gasteiger partial charge in [0.15, 0.2) is 5.84 Å². The van der Waals surface area contributed by atoms with Crippen molar-refractivity contribution in [3.05, 3.63) is 0 Å². The molecule has 88 valence electrons. The fourth-order valence-corrected chi connectivity index (χ4v) is 2.20. The first-order valence-electron chi connectivity index (χ1n) is 5.63. The lowest BCUT2D eigenvalue weighted by molar-refractivity contribution is -0.0341. The van der Waals surface area contributed by atoms with Crippen molar-refractivity contribution >= 4 is 5.84 Å². The van der Waals surface area contributed by atoms with Gasteiger partial charge in [0.2, 0.25) is 0 Å². The van der Waals surface area contributed by atoms with Crippen LogP contribution in [0.3, 0.4) is 0 Å². The molecule has 0 amide bonds. The van der Waals surface area contributed by atoms with Crippen LogP contribution in [0.5, 0.6) is 0 Å². The molecule has 1 fully saturated rings. The number of ether oxygens (including phenoxy) is 1. The Hall–Kier alpha value is -0.770. The third kappa shape index (κ3) is 2.62. The normalized spacial score (nSPS) is 25.1. The van der Waals surface area contributed by atoms with Gasteiger partial charge in [-0.15, -0.1) is 0 Å². The van der Waals surface area contributed by atoms with Gasteiger partial charge in [-0.05, 0) is 38.0 Å². The van der Waals surface area contributed by atoms with Crippen molar-refractivity contribution in [3.8, 4) is 0 Å². The molecule has 1 rings (SSSR count). The number of amidine groups is 1. The summed E-state index contributed by atoms with van der Waals surface area (Å²) in [6, 6.07) is 0. The van der Waals surface area contributed by atoms with Crippen LogP contribution in [0.2, 0.25) is 0 Å². The quantitative estimate of drug-likeness (QED) is 0.323. The molecule has 0 aromatic rings.